The number of aromatic nitrogens is 1. The molecule has 2 saturated heterocycles. The Kier molecular flexibility index (Phi) is 3.76. The predicted octanol–water partition coefficient (Wildman–Crippen LogP) is 2.85. The van der Waals surface area contributed by atoms with E-state index in [-0.39, 0.29) is 17.2 Å². The van der Waals surface area contributed by atoms with Gasteiger partial charge in [0.2, 0.25) is 0 Å². The van der Waals surface area contributed by atoms with Crippen LogP contribution in [0.4, 0.5) is 5.69 Å². The first-order valence-electron chi connectivity index (χ1n) is 8.38. The molecular formula is C18H21N3O3. The maximum absolute atomic E-state index is 12.2. The molecule has 6 nitrogen and oxygen atoms in total. The van der Waals surface area contributed by atoms with Crippen LogP contribution in [0.2, 0.25) is 0 Å². The van der Waals surface area contributed by atoms with Crippen molar-refractivity contribution < 1.29 is 14.1 Å². The number of aryl methyl sites for hydroxylation is 1. The molecular weight excluding hydrogens is 306 g/mol. The first kappa shape index (κ1) is 15.2. The Morgan fingerprint density at radius 1 is 1.33 bits per heavy atom. The fraction of sp³-hybridized carbons (Fsp3) is 0.444. The van der Waals surface area contributed by atoms with Gasteiger partial charge in [0.1, 0.15) is 17.1 Å². The molecule has 0 radical (unpaired) electrons. The van der Waals surface area contributed by atoms with E-state index in [4.69, 9.17) is 9.26 Å². The van der Waals surface area contributed by atoms with E-state index >= 15 is 0 Å². The van der Waals surface area contributed by atoms with Gasteiger partial charge in [0, 0.05) is 37.3 Å². The van der Waals surface area contributed by atoms with Gasteiger partial charge in [-0.1, -0.05) is 11.2 Å². The third-order valence-corrected chi connectivity index (χ3v) is 4.79. The fourth-order valence-electron chi connectivity index (χ4n) is 3.64. The molecule has 1 N–H and O–H groups in total. The van der Waals surface area contributed by atoms with Crippen molar-refractivity contribution in [2.45, 2.75) is 31.8 Å². The van der Waals surface area contributed by atoms with Crippen LogP contribution in [-0.2, 0) is 0 Å². The van der Waals surface area contributed by atoms with Crippen molar-refractivity contribution in [3.8, 4) is 5.75 Å². The lowest BCUT2D eigenvalue weighted by atomic mass is 9.94. The first-order chi connectivity index (χ1) is 11.6. The Hall–Kier alpha value is -2.34. The van der Waals surface area contributed by atoms with Gasteiger partial charge < -0.3 is 14.6 Å². The molecule has 3 heterocycles. The van der Waals surface area contributed by atoms with Crippen LogP contribution < -0.4 is 10.1 Å². The zero-order valence-corrected chi connectivity index (χ0v) is 13.7. The maximum Gasteiger partial charge on any atom is 0.277 e. The van der Waals surface area contributed by atoms with Crippen molar-refractivity contribution in [3.05, 3.63) is 41.8 Å². The van der Waals surface area contributed by atoms with E-state index in [0.29, 0.717) is 11.4 Å². The molecule has 2 aliphatic heterocycles. The summed E-state index contributed by atoms with van der Waals surface area (Å²) in [6.45, 7) is 5.05. The van der Waals surface area contributed by atoms with Gasteiger partial charge in [-0.15, -0.1) is 0 Å². The van der Waals surface area contributed by atoms with E-state index in [9.17, 15) is 4.79 Å². The molecule has 2 atom stereocenters. The van der Waals surface area contributed by atoms with Crippen LogP contribution in [0.5, 0.6) is 5.75 Å². The third-order valence-electron chi connectivity index (χ3n) is 4.79. The second kappa shape index (κ2) is 5.94. The Morgan fingerprint density at radius 2 is 2.25 bits per heavy atom. The molecule has 1 aromatic heterocycles. The summed E-state index contributed by atoms with van der Waals surface area (Å²) in [5.74, 6) is 1.12. The monoisotopic (exact) mass is 327 g/mol. The lowest BCUT2D eigenvalue weighted by Gasteiger charge is -2.34. The maximum atomic E-state index is 12.2. The molecule has 2 fully saturated rings. The third kappa shape index (κ3) is 3.01. The number of rotatable bonds is 4. The van der Waals surface area contributed by atoms with Crippen molar-refractivity contribution in [2.24, 2.45) is 0 Å². The zero-order chi connectivity index (χ0) is 16.6. The molecule has 1 amide bonds. The molecule has 2 aliphatic rings. The number of nitrogens with zero attached hydrogens (tertiary/aromatic N) is 2. The lowest BCUT2D eigenvalue weighted by Crippen LogP contribution is -2.43. The van der Waals surface area contributed by atoms with E-state index in [1.807, 2.05) is 24.3 Å². The number of hydrogen-bond acceptors (Lipinski definition) is 5. The van der Waals surface area contributed by atoms with Crippen LogP contribution in [0.15, 0.2) is 34.9 Å². The minimum atomic E-state index is -0.285. The SMILES string of the molecule is Cc1cc(C(=O)Nc2cccc(O[C@]34CCCN(CC3)C4)c2)no1. The van der Waals surface area contributed by atoms with E-state index < -0.39 is 0 Å². The van der Waals surface area contributed by atoms with Gasteiger partial charge in [-0.2, -0.15) is 0 Å². The molecule has 126 valence electrons. The molecule has 1 unspecified atom stereocenters. The Balaban J connectivity index is 1.46. The minimum Gasteiger partial charge on any atom is -0.486 e. The fourth-order valence-corrected chi connectivity index (χ4v) is 3.64. The van der Waals surface area contributed by atoms with E-state index in [0.717, 1.165) is 31.7 Å². The van der Waals surface area contributed by atoms with Crippen LogP contribution >= 0.6 is 0 Å². The number of amides is 1. The number of anilines is 1. The molecule has 4 rings (SSSR count). The number of carbonyl (C=O) groups excluding carboxylic acids is 1. The van der Waals surface area contributed by atoms with Crippen LogP contribution in [0, 0.1) is 6.92 Å². The van der Waals surface area contributed by atoms with E-state index in [1.54, 1.807) is 13.0 Å². The van der Waals surface area contributed by atoms with Crippen molar-refractivity contribution in [3.63, 3.8) is 0 Å². The molecule has 2 bridgehead atoms. The van der Waals surface area contributed by atoms with Gasteiger partial charge in [0.15, 0.2) is 5.69 Å². The highest BCUT2D eigenvalue weighted by atomic mass is 16.5. The van der Waals surface area contributed by atoms with Crippen LogP contribution in [0.3, 0.4) is 0 Å². The number of nitrogens with one attached hydrogen (secondary N) is 1. The van der Waals surface area contributed by atoms with Crippen molar-refractivity contribution in [1.82, 2.24) is 10.1 Å². The number of fused-ring (bicyclic) bond motifs is 2. The molecule has 24 heavy (non-hydrogen) atoms. The number of piperidine rings is 1. The Morgan fingerprint density at radius 3 is 3.08 bits per heavy atom. The molecule has 6 heteroatoms. The second-order valence-electron chi connectivity index (χ2n) is 6.72. The lowest BCUT2D eigenvalue weighted by molar-refractivity contribution is 0.0453. The van der Waals surface area contributed by atoms with Gasteiger partial charge in [0.05, 0.1) is 0 Å². The summed E-state index contributed by atoms with van der Waals surface area (Å²) in [6, 6.07) is 9.17. The summed E-state index contributed by atoms with van der Waals surface area (Å²) < 4.78 is 11.3. The summed E-state index contributed by atoms with van der Waals surface area (Å²) in [7, 11) is 0. The van der Waals surface area contributed by atoms with Crippen molar-refractivity contribution >= 4 is 11.6 Å². The standard InChI is InChI=1S/C18H21N3O3/c1-13-10-16(20-24-13)17(22)19-14-4-2-5-15(11-14)23-18-6-3-8-21(12-18)9-7-18/h2,4-5,10-11H,3,6-9,12H2,1H3,(H,19,22)/t18-/m1/s1. The summed E-state index contributed by atoms with van der Waals surface area (Å²) in [6.07, 6.45) is 3.35. The molecule has 0 spiro atoms. The van der Waals surface area contributed by atoms with Gasteiger partial charge in [-0.05, 0) is 38.4 Å². The summed E-state index contributed by atoms with van der Waals surface area (Å²) in [5, 5.41) is 6.57. The average molecular weight is 327 g/mol. The first-order valence-corrected chi connectivity index (χ1v) is 8.38. The minimum absolute atomic E-state index is 0.0654. The normalized spacial score (nSPS) is 25.5. The van der Waals surface area contributed by atoms with E-state index in [2.05, 4.69) is 15.4 Å². The highest BCUT2D eigenvalue weighted by Gasteiger charge is 2.42. The van der Waals surface area contributed by atoms with Crippen molar-refractivity contribution in [2.75, 3.05) is 25.0 Å². The molecule has 1 aromatic carbocycles. The van der Waals surface area contributed by atoms with Crippen LogP contribution in [-0.4, -0.2) is 41.2 Å². The summed E-state index contributed by atoms with van der Waals surface area (Å²) in [4.78, 5) is 14.6. The smallest absolute Gasteiger partial charge is 0.277 e. The van der Waals surface area contributed by atoms with Gasteiger partial charge in [0.25, 0.3) is 5.91 Å². The number of ether oxygens (including phenoxy) is 1. The molecule has 0 aliphatic carbocycles. The Labute approximate surface area is 140 Å². The summed E-state index contributed by atoms with van der Waals surface area (Å²) >= 11 is 0. The number of hydrogen-bond donors (Lipinski definition) is 1. The highest BCUT2D eigenvalue weighted by molar-refractivity contribution is 6.02. The largest absolute Gasteiger partial charge is 0.486 e. The number of carbonyl (C=O) groups is 1. The topological polar surface area (TPSA) is 67.6 Å². The zero-order valence-electron chi connectivity index (χ0n) is 13.7. The van der Waals surface area contributed by atoms with Gasteiger partial charge in [-0.3, -0.25) is 9.69 Å². The average Bonchev–Trinajstić information content (AvgIpc) is 3.11. The van der Waals surface area contributed by atoms with Gasteiger partial charge in [-0.25, -0.2) is 0 Å². The van der Waals surface area contributed by atoms with Crippen molar-refractivity contribution in [1.29, 1.82) is 0 Å². The van der Waals surface area contributed by atoms with E-state index in [1.165, 1.54) is 13.0 Å². The molecule has 2 aromatic rings. The second-order valence-corrected chi connectivity index (χ2v) is 6.72. The number of benzene rings is 1. The summed E-state index contributed by atoms with van der Waals surface area (Å²) in [5.41, 5.74) is 0.903. The predicted molar refractivity (Wildman–Crippen MR) is 89.3 cm³/mol. The molecule has 0 saturated carbocycles. The van der Waals surface area contributed by atoms with Gasteiger partial charge >= 0.3 is 0 Å². The van der Waals surface area contributed by atoms with Crippen LogP contribution in [0.25, 0.3) is 0 Å². The highest BCUT2D eigenvalue weighted by Crippen LogP contribution is 2.36. The quantitative estimate of drug-likeness (QED) is 0.935. The van der Waals surface area contributed by atoms with Crippen LogP contribution in [0.1, 0.15) is 35.5 Å². The Bertz CT molecular complexity index is 753.